The molecule has 5 atom stereocenters. The van der Waals surface area contributed by atoms with E-state index < -0.39 is 60.0 Å². The zero-order valence-corrected chi connectivity index (χ0v) is 16.1. The van der Waals surface area contributed by atoms with Gasteiger partial charge >= 0.3 is 18.0 Å². The van der Waals surface area contributed by atoms with Crippen LogP contribution in [-0.4, -0.2) is 60.2 Å². The summed E-state index contributed by atoms with van der Waals surface area (Å²) in [7, 11) is 0. The van der Waals surface area contributed by atoms with Crippen LogP contribution in [0.4, 0.5) is 9.18 Å². The van der Waals surface area contributed by atoms with E-state index in [1.54, 1.807) is 27.7 Å². The second-order valence-electron chi connectivity index (χ2n) is 7.36. The average Bonchev–Trinajstić information content (AvgIpc) is 3.23. The number of amidine groups is 1. The number of halogens is 1. The van der Waals surface area contributed by atoms with Crippen LogP contribution in [0, 0.1) is 17.2 Å². The van der Waals surface area contributed by atoms with Gasteiger partial charge in [-0.3, -0.25) is 9.59 Å². The first-order valence-electron chi connectivity index (χ1n) is 8.89. The van der Waals surface area contributed by atoms with Crippen LogP contribution in [0.5, 0.6) is 0 Å². The van der Waals surface area contributed by atoms with Gasteiger partial charge in [0.15, 0.2) is 24.1 Å². The number of esters is 2. The Morgan fingerprint density at radius 1 is 1.25 bits per heavy atom. The maximum absolute atomic E-state index is 15.0. The van der Waals surface area contributed by atoms with Crippen molar-refractivity contribution >= 4 is 30.0 Å². The topological polar surface area (TPSA) is 153 Å². The highest BCUT2D eigenvalue weighted by Crippen LogP contribution is 2.54. The number of aliphatic imine (C=N–C) groups is 1. The number of ether oxygens (including phenoxy) is 3. The second kappa shape index (κ2) is 8.21. The number of hydrogen-bond acceptors (Lipinski definition) is 7. The summed E-state index contributed by atoms with van der Waals surface area (Å²) in [5.74, 6) is -2.42. The Hall–Kier alpha value is -2.56. The molecule has 156 valence electrons. The quantitative estimate of drug-likeness (QED) is 0.336. The summed E-state index contributed by atoms with van der Waals surface area (Å²) in [6, 6.07) is -1.02. The fourth-order valence-corrected chi connectivity index (χ4v) is 2.71. The summed E-state index contributed by atoms with van der Waals surface area (Å²) in [6.07, 6.45) is -4.78. The molecule has 10 nitrogen and oxygen atoms in total. The van der Waals surface area contributed by atoms with Crippen molar-refractivity contribution in [2.45, 2.75) is 64.3 Å². The molecule has 1 unspecified atom stereocenters. The number of alkyl halides is 1. The lowest BCUT2D eigenvalue weighted by Crippen LogP contribution is -2.43. The Balaban J connectivity index is 2.17. The van der Waals surface area contributed by atoms with Gasteiger partial charge in [-0.2, -0.15) is 4.99 Å². The summed E-state index contributed by atoms with van der Waals surface area (Å²) in [4.78, 5) is 39.0. The van der Waals surface area contributed by atoms with Crippen molar-refractivity contribution in [3.05, 3.63) is 0 Å². The molecule has 0 radical (unpaired) electrons. The molecule has 28 heavy (non-hydrogen) atoms. The fourth-order valence-electron chi connectivity index (χ4n) is 2.71. The van der Waals surface area contributed by atoms with Crippen LogP contribution in [0.2, 0.25) is 0 Å². The van der Waals surface area contributed by atoms with Gasteiger partial charge in [0.2, 0.25) is 0 Å². The molecule has 1 saturated heterocycles. The van der Waals surface area contributed by atoms with Crippen LogP contribution in [0.15, 0.2) is 4.99 Å². The predicted octanol–water partition coefficient (Wildman–Crippen LogP) is 0.675. The molecule has 0 bridgehead atoms. The van der Waals surface area contributed by atoms with Gasteiger partial charge in [0.05, 0.1) is 18.1 Å². The first-order chi connectivity index (χ1) is 13.0. The number of nitrogens with one attached hydrogen (secondary N) is 2. The van der Waals surface area contributed by atoms with Gasteiger partial charge in [-0.15, -0.1) is 0 Å². The van der Waals surface area contributed by atoms with Crippen LogP contribution in [-0.2, 0) is 23.8 Å². The molecule has 1 aliphatic carbocycles. The van der Waals surface area contributed by atoms with E-state index in [9.17, 15) is 18.8 Å². The molecule has 0 aromatic heterocycles. The normalized spacial score (nSPS) is 31.8. The Bertz CT molecular complexity index is 697. The lowest BCUT2D eigenvalue weighted by atomic mass is 10.1. The molecule has 1 heterocycles. The summed E-state index contributed by atoms with van der Waals surface area (Å²) in [6.45, 7) is 6.48. The molecule has 2 rings (SSSR count). The molecule has 0 aromatic carbocycles. The number of carbonyl (C=O) groups excluding carboxylic acids is 3. The minimum absolute atomic E-state index is 0.125. The molecule has 2 fully saturated rings. The molecular weight excluding hydrogens is 375 g/mol. The van der Waals surface area contributed by atoms with E-state index in [2.05, 4.69) is 10.3 Å². The van der Waals surface area contributed by atoms with Crippen molar-refractivity contribution in [1.29, 1.82) is 5.41 Å². The molecular formula is C17H25FN4O6. The predicted molar refractivity (Wildman–Crippen MR) is 95.5 cm³/mol. The number of rotatable bonds is 6. The number of amides is 2. The van der Waals surface area contributed by atoms with Crippen molar-refractivity contribution in [1.82, 2.24) is 5.32 Å². The zero-order valence-electron chi connectivity index (χ0n) is 16.1. The highest BCUT2D eigenvalue weighted by atomic mass is 19.1. The number of nitrogens with zero attached hydrogens (tertiary/aromatic N) is 1. The summed E-state index contributed by atoms with van der Waals surface area (Å²) < 4.78 is 31.2. The molecule has 4 N–H and O–H groups in total. The average molecular weight is 400 g/mol. The van der Waals surface area contributed by atoms with Gasteiger partial charge in [0.25, 0.3) is 0 Å². The van der Waals surface area contributed by atoms with E-state index in [1.165, 1.54) is 0 Å². The highest BCUT2D eigenvalue weighted by molar-refractivity contribution is 6.29. The Kier molecular flexibility index (Phi) is 6.37. The largest absolute Gasteiger partial charge is 0.459 e. The van der Waals surface area contributed by atoms with E-state index in [-0.39, 0.29) is 12.3 Å². The van der Waals surface area contributed by atoms with E-state index >= 15 is 0 Å². The lowest BCUT2D eigenvalue weighted by Gasteiger charge is -2.21. The van der Waals surface area contributed by atoms with Crippen molar-refractivity contribution in [2.75, 3.05) is 0 Å². The van der Waals surface area contributed by atoms with Crippen LogP contribution in [0.1, 0.15) is 34.1 Å². The minimum Gasteiger partial charge on any atom is -0.459 e. The number of nitrogens with two attached hydrogens (primary N) is 1. The SMILES string of the molecule is CC(C)C(=O)O[C@@H]1CC12O[C@@H](NC(=O)/N=C(/N)C=N)[C@H](F)[C@@H]2OC(=O)C(C)C. The van der Waals surface area contributed by atoms with E-state index in [4.69, 9.17) is 25.4 Å². The highest BCUT2D eigenvalue weighted by Gasteiger charge is 2.74. The maximum atomic E-state index is 15.0. The van der Waals surface area contributed by atoms with Crippen molar-refractivity contribution in [3.8, 4) is 0 Å². The summed E-state index contributed by atoms with van der Waals surface area (Å²) in [5, 5.41) is 9.08. The zero-order chi connectivity index (χ0) is 21.2. The number of carbonyl (C=O) groups is 3. The molecule has 11 heteroatoms. The van der Waals surface area contributed by atoms with Gasteiger partial charge in [-0.05, 0) is 0 Å². The smallest absolute Gasteiger partial charge is 0.345 e. The Morgan fingerprint density at radius 2 is 1.82 bits per heavy atom. The van der Waals surface area contributed by atoms with Gasteiger partial charge < -0.3 is 30.7 Å². The second-order valence-corrected chi connectivity index (χ2v) is 7.36. The molecule has 1 saturated carbocycles. The third-order valence-corrected chi connectivity index (χ3v) is 4.38. The maximum Gasteiger partial charge on any atom is 0.345 e. The van der Waals surface area contributed by atoms with Gasteiger partial charge in [0.1, 0.15) is 11.9 Å². The lowest BCUT2D eigenvalue weighted by molar-refractivity contribution is -0.163. The van der Waals surface area contributed by atoms with Crippen LogP contribution < -0.4 is 11.1 Å². The van der Waals surface area contributed by atoms with Gasteiger partial charge in [-0.1, -0.05) is 27.7 Å². The standard InChI is InChI=1S/C17H25FN4O6/c1-7(2)14(23)26-9-5-17(9)12(27-15(24)8(3)4)11(18)13(28-17)22-16(25)21-10(20)6-19/h6-9,11-13,19H,5H2,1-4H3,(H3,20,21,22,25)/t9-,11-,12+,13-,17?/m1/s1. The van der Waals surface area contributed by atoms with E-state index in [1.807, 2.05) is 0 Å². The minimum atomic E-state index is -1.91. The fraction of sp³-hybridized carbons (Fsp3) is 0.706. The Morgan fingerprint density at radius 3 is 2.36 bits per heavy atom. The van der Waals surface area contributed by atoms with Crippen LogP contribution in [0.25, 0.3) is 0 Å². The molecule has 2 amide bonds. The van der Waals surface area contributed by atoms with Gasteiger partial charge in [-0.25, -0.2) is 9.18 Å². The monoisotopic (exact) mass is 400 g/mol. The molecule has 2 aliphatic rings. The van der Waals surface area contributed by atoms with E-state index in [0.29, 0.717) is 6.21 Å². The first kappa shape index (κ1) is 21.7. The number of urea groups is 1. The van der Waals surface area contributed by atoms with Crippen LogP contribution in [0.3, 0.4) is 0 Å². The van der Waals surface area contributed by atoms with Crippen LogP contribution >= 0.6 is 0 Å². The number of hydrogen-bond donors (Lipinski definition) is 3. The van der Waals surface area contributed by atoms with Crippen molar-refractivity contribution in [2.24, 2.45) is 22.6 Å². The Labute approximate surface area is 161 Å². The van der Waals surface area contributed by atoms with Crippen molar-refractivity contribution in [3.63, 3.8) is 0 Å². The van der Waals surface area contributed by atoms with Gasteiger partial charge in [0, 0.05) is 6.42 Å². The third-order valence-electron chi connectivity index (χ3n) is 4.38. The molecule has 0 aromatic rings. The summed E-state index contributed by atoms with van der Waals surface area (Å²) >= 11 is 0. The molecule has 1 aliphatic heterocycles. The first-order valence-corrected chi connectivity index (χ1v) is 8.89. The third kappa shape index (κ3) is 4.46. The summed E-state index contributed by atoms with van der Waals surface area (Å²) in [5.41, 5.74) is 3.89. The molecule has 1 spiro atoms. The van der Waals surface area contributed by atoms with E-state index in [0.717, 1.165) is 0 Å². The van der Waals surface area contributed by atoms with Crippen molar-refractivity contribution < 1.29 is 33.0 Å².